The third kappa shape index (κ3) is 4.01. The van der Waals surface area contributed by atoms with Crippen LogP contribution in [0.4, 0.5) is 0 Å². The number of carbonyl (C=O) groups is 3. The molecule has 1 spiro atoms. The van der Waals surface area contributed by atoms with Gasteiger partial charge in [-0.2, -0.15) is 0 Å². The summed E-state index contributed by atoms with van der Waals surface area (Å²) in [6.45, 7) is 11.9. The first-order valence-electron chi connectivity index (χ1n) is 13.8. The van der Waals surface area contributed by atoms with E-state index >= 15 is 0 Å². The molecule has 2 fully saturated rings. The molecule has 1 N–H and O–H groups in total. The molecule has 7 atom stereocenters. The van der Waals surface area contributed by atoms with E-state index in [1.165, 1.54) is 0 Å². The van der Waals surface area contributed by atoms with Gasteiger partial charge in [0.25, 0.3) is 0 Å². The van der Waals surface area contributed by atoms with Crippen molar-refractivity contribution in [3.63, 3.8) is 0 Å². The van der Waals surface area contributed by atoms with E-state index in [0.29, 0.717) is 26.2 Å². The molecule has 0 aromatic carbocycles. The summed E-state index contributed by atoms with van der Waals surface area (Å²) in [6.07, 6.45) is 11.1. The molecule has 0 aliphatic carbocycles. The Balaban J connectivity index is 1.87. The van der Waals surface area contributed by atoms with E-state index in [0.717, 1.165) is 25.7 Å². The van der Waals surface area contributed by atoms with Crippen LogP contribution in [0, 0.1) is 17.8 Å². The van der Waals surface area contributed by atoms with Crippen LogP contribution in [0.15, 0.2) is 24.3 Å². The van der Waals surface area contributed by atoms with Gasteiger partial charge in [0.05, 0.1) is 30.1 Å². The molecule has 4 aliphatic heterocycles. The van der Waals surface area contributed by atoms with Gasteiger partial charge in [-0.3, -0.25) is 14.4 Å². The number of rotatable bonds is 9. The minimum Gasteiger partial charge on any atom is -0.394 e. The zero-order chi connectivity index (χ0) is 26.3. The van der Waals surface area contributed by atoms with Gasteiger partial charge >= 0.3 is 0 Å². The Labute approximate surface area is 215 Å². The van der Waals surface area contributed by atoms with Gasteiger partial charge in [0.1, 0.15) is 11.6 Å². The molecular formula is C28H43N3O5. The Kier molecular flexibility index (Phi) is 7.68. The number of ether oxygens (including phenoxy) is 1. The highest BCUT2D eigenvalue weighted by molar-refractivity contribution is 6.00. The number of amides is 3. The molecule has 0 bridgehead atoms. The Morgan fingerprint density at radius 3 is 2.25 bits per heavy atom. The molecule has 4 heterocycles. The molecule has 2 saturated heterocycles. The third-order valence-electron chi connectivity index (χ3n) is 8.78. The van der Waals surface area contributed by atoms with Gasteiger partial charge in [0.2, 0.25) is 17.7 Å². The first kappa shape index (κ1) is 26.9. The number of carbonyl (C=O) groups excluding carboxylic acids is 3. The van der Waals surface area contributed by atoms with E-state index in [2.05, 4.69) is 6.92 Å². The summed E-state index contributed by atoms with van der Waals surface area (Å²) in [5, 5.41) is 10.4. The van der Waals surface area contributed by atoms with E-state index in [1.54, 1.807) is 14.7 Å². The van der Waals surface area contributed by atoms with Crippen molar-refractivity contribution in [2.75, 3.05) is 32.8 Å². The number of hydrogen-bond acceptors (Lipinski definition) is 5. The zero-order valence-electron chi connectivity index (χ0n) is 22.5. The normalized spacial score (nSPS) is 35.4. The molecule has 1 unspecified atom stereocenters. The fourth-order valence-electron chi connectivity index (χ4n) is 6.75. The molecule has 0 aromatic heterocycles. The van der Waals surface area contributed by atoms with Crippen molar-refractivity contribution >= 4 is 17.7 Å². The lowest BCUT2D eigenvalue weighted by Gasteiger charge is -2.41. The van der Waals surface area contributed by atoms with Crippen molar-refractivity contribution in [3.8, 4) is 0 Å². The molecule has 0 saturated carbocycles. The van der Waals surface area contributed by atoms with Crippen LogP contribution in [0.5, 0.6) is 0 Å². The van der Waals surface area contributed by atoms with Crippen LogP contribution in [-0.2, 0) is 19.1 Å². The minimum absolute atomic E-state index is 0.0216. The minimum atomic E-state index is -1.26. The topological polar surface area (TPSA) is 90.4 Å². The van der Waals surface area contributed by atoms with E-state index in [4.69, 9.17) is 4.74 Å². The number of nitrogens with zero attached hydrogens (tertiary/aromatic N) is 3. The second kappa shape index (κ2) is 10.3. The SMILES string of the molecule is CCCCN1CC=C[C@]23O[C@@]4(C)C=CCN(CCC)C(=O)[C@H]4[C@H]2C(=O)N([C@@H](CO)[C@@H](C)CC)C3C1=O. The third-order valence-corrected chi connectivity index (χ3v) is 8.78. The van der Waals surface area contributed by atoms with Gasteiger partial charge in [0.15, 0.2) is 0 Å². The second-order valence-corrected chi connectivity index (χ2v) is 11.1. The Morgan fingerprint density at radius 1 is 0.972 bits per heavy atom. The van der Waals surface area contributed by atoms with Crippen LogP contribution < -0.4 is 0 Å². The number of unbranched alkanes of at least 4 members (excludes halogenated alkanes) is 1. The Morgan fingerprint density at radius 2 is 1.64 bits per heavy atom. The number of fused-ring (bicyclic) bond motifs is 2. The lowest BCUT2D eigenvalue weighted by molar-refractivity contribution is -0.157. The van der Waals surface area contributed by atoms with E-state index in [1.807, 2.05) is 52.0 Å². The molecule has 36 heavy (non-hydrogen) atoms. The van der Waals surface area contributed by atoms with Gasteiger partial charge in [-0.25, -0.2) is 0 Å². The van der Waals surface area contributed by atoms with E-state index in [9.17, 15) is 19.5 Å². The first-order chi connectivity index (χ1) is 17.2. The summed E-state index contributed by atoms with van der Waals surface area (Å²) in [4.78, 5) is 47.8. The molecule has 200 valence electrons. The maximum Gasteiger partial charge on any atom is 0.249 e. The number of hydrogen-bond donors (Lipinski definition) is 1. The van der Waals surface area contributed by atoms with Gasteiger partial charge in [0, 0.05) is 26.2 Å². The van der Waals surface area contributed by atoms with E-state index < -0.39 is 35.1 Å². The molecular weight excluding hydrogens is 458 g/mol. The summed E-state index contributed by atoms with van der Waals surface area (Å²) in [5.74, 6) is -2.11. The quantitative estimate of drug-likeness (QED) is 0.490. The van der Waals surface area contributed by atoms with Gasteiger partial charge in [-0.1, -0.05) is 64.8 Å². The highest BCUT2D eigenvalue weighted by Gasteiger charge is 2.75. The Bertz CT molecular complexity index is 934. The predicted molar refractivity (Wildman–Crippen MR) is 137 cm³/mol. The molecule has 8 nitrogen and oxygen atoms in total. The highest BCUT2D eigenvalue weighted by Crippen LogP contribution is 2.58. The monoisotopic (exact) mass is 501 g/mol. The standard InChI is InChI=1S/C28H43N3O5/c1-6-9-15-30-17-11-13-28-22(21-24(33)29(14-7-2)16-10-12-27(21,5)36-28)25(34)31(23(28)26(30)35)20(18-32)19(4)8-3/h10-13,19-23,32H,6-9,14-18H2,1-5H3/t19-,20-,21+,22-,23?,27-,28-/m0/s1. The zero-order valence-corrected chi connectivity index (χ0v) is 22.5. The highest BCUT2D eigenvalue weighted by atomic mass is 16.5. The lowest BCUT2D eigenvalue weighted by atomic mass is 9.74. The summed E-state index contributed by atoms with van der Waals surface area (Å²) in [6, 6.07) is -1.45. The summed E-state index contributed by atoms with van der Waals surface area (Å²) >= 11 is 0. The summed E-state index contributed by atoms with van der Waals surface area (Å²) in [5.41, 5.74) is -2.26. The van der Waals surface area contributed by atoms with Crippen LogP contribution in [0.2, 0.25) is 0 Å². The maximum atomic E-state index is 14.4. The van der Waals surface area contributed by atoms with Crippen molar-refractivity contribution in [1.82, 2.24) is 14.7 Å². The number of aliphatic hydroxyl groups is 1. The van der Waals surface area contributed by atoms with Gasteiger partial charge < -0.3 is 24.5 Å². The Hall–Kier alpha value is -2.19. The van der Waals surface area contributed by atoms with Crippen LogP contribution in [-0.4, -0.2) is 93.6 Å². The molecule has 4 rings (SSSR count). The summed E-state index contributed by atoms with van der Waals surface area (Å²) in [7, 11) is 0. The smallest absolute Gasteiger partial charge is 0.249 e. The number of likely N-dealkylation sites (tertiary alicyclic amines) is 1. The molecule has 4 aliphatic rings. The maximum absolute atomic E-state index is 14.4. The molecule has 0 aromatic rings. The average molecular weight is 502 g/mol. The average Bonchev–Trinajstić information content (AvgIpc) is 3.13. The van der Waals surface area contributed by atoms with Crippen molar-refractivity contribution in [1.29, 1.82) is 0 Å². The molecule has 8 heteroatoms. The van der Waals surface area contributed by atoms with Crippen molar-refractivity contribution in [2.24, 2.45) is 17.8 Å². The second-order valence-electron chi connectivity index (χ2n) is 11.1. The molecule has 0 radical (unpaired) electrons. The largest absolute Gasteiger partial charge is 0.394 e. The van der Waals surface area contributed by atoms with Gasteiger partial charge in [-0.15, -0.1) is 0 Å². The fourth-order valence-corrected chi connectivity index (χ4v) is 6.75. The first-order valence-corrected chi connectivity index (χ1v) is 13.8. The van der Waals surface area contributed by atoms with Crippen LogP contribution in [0.1, 0.15) is 60.3 Å². The van der Waals surface area contributed by atoms with Crippen molar-refractivity contribution in [3.05, 3.63) is 24.3 Å². The van der Waals surface area contributed by atoms with Gasteiger partial charge in [-0.05, 0) is 25.7 Å². The molecule has 3 amide bonds. The van der Waals surface area contributed by atoms with Crippen LogP contribution in [0.3, 0.4) is 0 Å². The lowest BCUT2D eigenvalue weighted by Crippen LogP contribution is -2.59. The predicted octanol–water partition coefficient (Wildman–Crippen LogP) is 2.37. The van der Waals surface area contributed by atoms with Crippen molar-refractivity contribution in [2.45, 2.75) is 83.6 Å². The summed E-state index contributed by atoms with van der Waals surface area (Å²) < 4.78 is 6.84. The van der Waals surface area contributed by atoms with E-state index in [-0.39, 0.29) is 30.2 Å². The van der Waals surface area contributed by atoms with Crippen LogP contribution >= 0.6 is 0 Å². The number of aliphatic hydroxyl groups excluding tert-OH is 1. The fraction of sp³-hybridized carbons (Fsp3) is 0.750. The van der Waals surface area contributed by atoms with Crippen LogP contribution in [0.25, 0.3) is 0 Å². The van der Waals surface area contributed by atoms with Crippen molar-refractivity contribution < 1.29 is 24.2 Å².